The van der Waals surface area contributed by atoms with Gasteiger partial charge in [0.05, 0.1) is 6.61 Å². The summed E-state index contributed by atoms with van der Waals surface area (Å²) in [7, 11) is 0. The molecule has 0 saturated carbocycles. The van der Waals surface area contributed by atoms with E-state index < -0.39 is 0 Å². The number of nitrogens with zero attached hydrogens (tertiary/aromatic N) is 1. The number of anilines is 1. The average molecular weight is 458 g/mol. The number of carbonyl (C=O) groups excluding carboxylic acids is 1. The second-order valence-electron chi connectivity index (χ2n) is 10.1. The Kier molecular flexibility index (Phi) is 7.08. The standard InChI is InChI=1S/C30H35NO3/c1-21(33)22-7-9-23(10-8-22)24-12-14-29(34-18-17-32)26(19-24)25-11-13-28(31-15-5-6-16-31)27(20-25)30(2,3)4/h7-14,19-20,32H,5-6,15-18H2,1-4H3. The summed E-state index contributed by atoms with van der Waals surface area (Å²) in [5.74, 6) is 0.819. The van der Waals surface area contributed by atoms with Crippen molar-refractivity contribution in [1.29, 1.82) is 0 Å². The van der Waals surface area contributed by atoms with E-state index in [0.717, 1.165) is 41.1 Å². The molecule has 0 radical (unpaired) electrons. The number of aliphatic hydroxyl groups is 1. The molecule has 0 amide bonds. The highest BCUT2D eigenvalue weighted by Crippen LogP contribution is 2.40. The molecule has 0 aliphatic carbocycles. The molecule has 0 spiro atoms. The first kappa shape index (κ1) is 24.0. The summed E-state index contributed by atoms with van der Waals surface area (Å²) in [5, 5.41) is 9.34. The highest BCUT2D eigenvalue weighted by molar-refractivity contribution is 5.94. The van der Waals surface area contributed by atoms with Gasteiger partial charge in [-0.1, -0.05) is 57.2 Å². The minimum absolute atomic E-state index is 0.000182. The van der Waals surface area contributed by atoms with Crippen molar-refractivity contribution < 1.29 is 14.6 Å². The minimum Gasteiger partial charge on any atom is -0.491 e. The molecule has 3 aromatic carbocycles. The van der Waals surface area contributed by atoms with Crippen LogP contribution in [-0.2, 0) is 5.41 Å². The first-order valence-corrected chi connectivity index (χ1v) is 12.2. The highest BCUT2D eigenvalue weighted by Gasteiger charge is 2.24. The highest BCUT2D eigenvalue weighted by atomic mass is 16.5. The number of aliphatic hydroxyl groups excluding tert-OH is 1. The van der Waals surface area contributed by atoms with Crippen molar-refractivity contribution in [3.8, 4) is 28.0 Å². The molecular formula is C30H35NO3. The third-order valence-electron chi connectivity index (χ3n) is 6.52. The number of carbonyl (C=O) groups is 1. The zero-order chi connectivity index (χ0) is 24.3. The van der Waals surface area contributed by atoms with E-state index in [-0.39, 0.29) is 24.4 Å². The molecule has 178 valence electrons. The molecule has 0 aromatic heterocycles. The van der Waals surface area contributed by atoms with Crippen LogP contribution in [0, 0.1) is 0 Å². The van der Waals surface area contributed by atoms with Gasteiger partial charge in [-0.25, -0.2) is 0 Å². The first-order chi connectivity index (χ1) is 16.3. The molecule has 1 aliphatic heterocycles. The second-order valence-corrected chi connectivity index (χ2v) is 10.1. The van der Waals surface area contributed by atoms with E-state index in [4.69, 9.17) is 4.74 Å². The van der Waals surface area contributed by atoms with Gasteiger partial charge in [-0.05, 0) is 71.7 Å². The summed E-state index contributed by atoms with van der Waals surface area (Å²) in [6, 6.07) is 20.6. The molecule has 34 heavy (non-hydrogen) atoms. The van der Waals surface area contributed by atoms with Crippen LogP contribution >= 0.6 is 0 Å². The Labute approximate surface area is 203 Å². The molecule has 3 aromatic rings. The van der Waals surface area contributed by atoms with Gasteiger partial charge in [0.1, 0.15) is 12.4 Å². The van der Waals surface area contributed by atoms with Crippen LogP contribution in [0.4, 0.5) is 5.69 Å². The van der Waals surface area contributed by atoms with E-state index in [2.05, 4.69) is 49.9 Å². The van der Waals surface area contributed by atoms with Crippen molar-refractivity contribution >= 4 is 11.5 Å². The molecule has 1 saturated heterocycles. The Morgan fingerprint density at radius 2 is 1.56 bits per heavy atom. The van der Waals surface area contributed by atoms with Crippen molar-refractivity contribution in [1.82, 2.24) is 0 Å². The van der Waals surface area contributed by atoms with Gasteiger partial charge in [0.2, 0.25) is 0 Å². The van der Waals surface area contributed by atoms with Crippen LogP contribution < -0.4 is 9.64 Å². The van der Waals surface area contributed by atoms with Gasteiger partial charge in [-0.3, -0.25) is 4.79 Å². The molecule has 4 nitrogen and oxygen atoms in total. The maximum atomic E-state index is 11.7. The molecular weight excluding hydrogens is 422 g/mol. The summed E-state index contributed by atoms with van der Waals surface area (Å²) >= 11 is 0. The van der Waals surface area contributed by atoms with Crippen molar-refractivity contribution in [2.75, 3.05) is 31.2 Å². The fourth-order valence-corrected chi connectivity index (χ4v) is 4.65. The van der Waals surface area contributed by atoms with Gasteiger partial charge in [0.25, 0.3) is 0 Å². The Hall–Kier alpha value is -3.11. The van der Waals surface area contributed by atoms with E-state index >= 15 is 0 Å². The zero-order valence-electron chi connectivity index (χ0n) is 20.7. The third-order valence-corrected chi connectivity index (χ3v) is 6.52. The van der Waals surface area contributed by atoms with Crippen LogP contribution in [0.15, 0.2) is 60.7 Å². The average Bonchev–Trinajstić information content (AvgIpc) is 3.37. The van der Waals surface area contributed by atoms with Gasteiger partial charge in [-0.2, -0.15) is 0 Å². The van der Waals surface area contributed by atoms with Gasteiger partial charge in [-0.15, -0.1) is 0 Å². The zero-order valence-corrected chi connectivity index (χ0v) is 20.7. The maximum absolute atomic E-state index is 11.7. The number of Topliss-reactive ketones (excluding diaryl/α,β-unsaturated/α-hetero) is 1. The van der Waals surface area contributed by atoms with Crippen LogP contribution in [0.2, 0.25) is 0 Å². The van der Waals surface area contributed by atoms with E-state index in [1.807, 2.05) is 36.4 Å². The van der Waals surface area contributed by atoms with Crippen LogP contribution in [0.5, 0.6) is 5.75 Å². The van der Waals surface area contributed by atoms with E-state index in [1.54, 1.807) is 6.92 Å². The minimum atomic E-state index is -0.0329. The number of hydrogen-bond acceptors (Lipinski definition) is 4. The Balaban J connectivity index is 1.80. The molecule has 1 N–H and O–H groups in total. The van der Waals surface area contributed by atoms with Crippen molar-refractivity contribution in [2.24, 2.45) is 0 Å². The van der Waals surface area contributed by atoms with Crippen LogP contribution in [0.25, 0.3) is 22.3 Å². The summed E-state index contributed by atoms with van der Waals surface area (Å²) in [6.45, 7) is 10.8. The number of ether oxygens (including phenoxy) is 1. The SMILES string of the molecule is CC(=O)c1ccc(-c2ccc(OCCO)c(-c3ccc(N4CCCC4)c(C(C)(C)C)c3)c2)cc1. The topological polar surface area (TPSA) is 49.8 Å². The Morgan fingerprint density at radius 3 is 2.18 bits per heavy atom. The smallest absolute Gasteiger partial charge is 0.159 e. The maximum Gasteiger partial charge on any atom is 0.159 e. The van der Waals surface area contributed by atoms with E-state index in [9.17, 15) is 9.90 Å². The Bertz CT molecular complexity index is 1150. The number of rotatable bonds is 7. The number of ketones is 1. The molecule has 4 rings (SSSR count). The van der Waals surface area contributed by atoms with E-state index in [1.165, 1.54) is 24.1 Å². The molecule has 0 bridgehead atoms. The predicted octanol–water partition coefficient (Wildman–Crippen LogP) is 6.49. The van der Waals surface area contributed by atoms with Crippen LogP contribution in [0.1, 0.15) is 56.5 Å². The van der Waals surface area contributed by atoms with Crippen molar-refractivity contribution in [3.63, 3.8) is 0 Å². The Morgan fingerprint density at radius 1 is 0.912 bits per heavy atom. The predicted molar refractivity (Wildman–Crippen MR) is 140 cm³/mol. The van der Waals surface area contributed by atoms with Gasteiger partial charge >= 0.3 is 0 Å². The summed E-state index contributed by atoms with van der Waals surface area (Å²) in [5.41, 5.74) is 7.56. The monoisotopic (exact) mass is 457 g/mol. The lowest BCUT2D eigenvalue weighted by Crippen LogP contribution is -2.23. The number of hydrogen-bond donors (Lipinski definition) is 1. The lowest BCUT2D eigenvalue weighted by Gasteiger charge is -2.29. The third kappa shape index (κ3) is 5.18. The van der Waals surface area contributed by atoms with Gasteiger partial charge in [0, 0.05) is 29.9 Å². The van der Waals surface area contributed by atoms with Gasteiger partial charge < -0.3 is 14.7 Å². The molecule has 1 heterocycles. The van der Waals surface area contributed by atoms with Gasteiger partial charge in [0.15, 0.2) is 5.78 Å². The lowest BCUT2D eigenvalue weighted by molar-refractivity contribution is 0.101. The fraction of sp³-hybridized carbons (Fsp3) is 0.367. The molecule has 0 atom stereocenters. The molecule has 0 unspecified atom stereocenters. The van der Waals surface area contributed by atoms with Crippen molar-refractivity contribution in [2.45, 2.75) is 46.0 Å². The number of benzene rings is 3. The summed E-state index contributed by atoms with van der Waals surface area (Å²) in [4.78, 5) is 14.2. The van der Waals surface area contributed by atoms with Crippen LogP contribution in [0.3, 0.4) is 0 Å². The van der Waals surface area contributed by atoms with Crippen LogP contribution in [-0.4, -0.2) is 37.2 Å². The summed E-state index contributed by atoms with van der Waals surface area (Å²) in [6.07, 6.45) is 2.49. The normalized spacial score (nSPS) is 13.9. The molecule has 1 fully saturated rings. The lowest BCUT2D eigenvalue weighted by atomic mass is 9.83. The summed E-state index contributed by atoms with van der Waals surface area (Å²) < 4.78 is 5.93. The fourth-order valence-electron chi connectivity index (χ4n) is 4.65. The first-order valence-electron chi connectivity index (χ1n) is 12.2. The second kappa shape index (κ2) is 10.0. The van der Waals surface area contributed by atoms with Crippen molar-refractivity contribution in [3.05, 3.63) is 71.8 Å². The van der Waals surface area contributed by atoms with E-state index in [0.29, 0.717) is 5.56 Å². The molecule has 4 heteroatoms. The molecule has 1 aliphatic rings. The largest absolute Gasteiger partial charge is 0.491 e. The quantitative estimate of drug-likeness (QED) is 0.412.